The van der Waals surface area contributed by atoms with E-state index < -0.39 is 0 Å². The summed E-state index contributed by atoms with van der Waals surface area (Å²) in [6.45, 7) is 0.946. The first-order chi connectivity index (χ1) is 5.93. The quantitative estimate of drug-likeness (QED) is 0.713. The van der Waals surface area contributed by atoms with Crippen molar-refractivity contribution in [3.05, 3.63) is 11.6 Å². The van der Waals surface area contributed by atoms with Crippen molar-refractivity contribution < 1.29 is 0 Å². The third-order valence-electron chi connectivity index (χ3n) is 3.22. The molecule has 2 fully saturated rings. The summed E-state index contributed by atoms with van der Waals surface area (Å²) in [6, 6.07) is 0.820. The Balaban J connectivity index is 1.70. The van der Waals surface area contributed by atoms with Gasteiger partial charge in [0.1, 0.15) is 0 Å². The molecule has 68 valence electrons. The maximum absolute atomic E-state index is 5.44. The van der Waals surface area contributed by atoms with Gasteiger partial charge in [0.2, 0.25) is 0 Å². The molecule has 0 amide bonds. The highest BCUT2D eigenvalue weighted by atomic mass is 35.5. The summed E-state index contributed by atoms with van der Waals surface area (Å²) in [4.78, 5) is 0. The van der Waals surface area contributed by atoms with E-state index in [0.717, 1.165) is 24.4 Å². The SMILES string of the molecule is Cl/C=C/CNC1C2CCCCC21. The Morgan fingerprint density at radius 3 is 2.50 bits per heavy atom. The molecule has 2 aliphatic carbocycles. The van der Waals surface area contributed by atoms with Crippen molar-refractivity contribution in [3.8, 4) is 0 Å². The summed E-state index contributed by atoms with van der Waals surface area (Å²) in [5.74, 6) is 2.00. The molecular formula is C10H16ClN. The van der Waals surface area contributed by atoms with Gasteiger partial charge in [-0.25, -0.2) is 0 Å². The summed E-state index contributed by atoms with van der Waals surface area (Å²) in [6.07, 6.45) is 7.78. The summed E-state index contributed by atoms with van der Waals surface area (Å²) < 4.78 is 0. The number of nitrogens with one attached hydrogen (secondary N) is 1. The monoisotopic (exact) mass is 185 g/mol. The van der Waals surface area contributed by atoms with E-state index in [1.807, 2.05) is 6.08 Å². The molecule has 2 rings (SSSR count). The molecule has 2 saturated carbocycles. The molecule has 2 heteroatoms. The highest BCUT2D eigenvalue weighted by Gasteiger charge is 2.49. The maximum Gasteiger partial charge on any atom is 0.0149 e. The van der Waals surface area contributed by atoms with Gasteiger partial charge in [0, 0.05) is 18.1 Å². The first-order valence-corrected chi connectivity index (χ1v) is 5.35. The highest BCUT2D eigenvalue weighted by Crippen LogP contribution is 2.49. The smallest absolute Gasteiger partial charge is 0.0149 e. The molecule has 2 atom stereocenters. The Labute approximate surface area is 79.2 Å². The molecule has 0 heterocycles. The molecule has 0 aliphatic heterocycles. The third kappa shape index (κ3) is 1.67. The second-order valence-electron chi connectivity index (χ2n) is 3.91. The van der Waals surface area contributed by atoms with Gasteiger partial charge in [-0.3, -0.25) is 0 Å². The Morgan fingerprint density at radius 2 is 1.92 bits per heavy atom. The van der Waals surface area contributed by atoms with Crippen molar-refractivity contribution in [1.29, 1.82) is 0 Å². The normalized spacial score (nSPS) is 39.9. The van der Waals surface area contributed by atoms with Crippen LogP contribution in [0.1, 0.15) is 25.7 Å². The fraction of sp³-hybridized carbons (Fsp3) is 0.800. The first-order valence-electron chi connectivity index (χ1n) is 4.92. The van der Waals surface area contributed by atoms with E-state index >= 15 is 0 Å². The molecule has 0 aromatic carbocycles. The van der Waals surface area contributed by atoms with Gasteiger partial charge in [0.15, 0.2) is 0 Å². The van der Waals surface area contributed by atoms with Crippen molar-refractivity contribution in [2.45, 2.75) is 31.7 Å². The minimum atomic E-state index is 0.820. The van der Waals surface area contributed by atoms with Gasteiger partial charge in [0.25, 0.3) is 0 Å². The maximum atomic E-state index is 5.44. The minimum Gasteiger partial charge on any atom is -0.310 e. The van der Waals surface area contributed by atoms with Crippen LogP contribution >= 0.6 is 11.6 Å². The molecule has 0 aromatic rings. The van der Waals surface area contributed by atoms with Crippen LogP contribution in [0.15, 0.2) is 11.6 Å². The van der Waals surface area contributed by atoms with Crippen LogP contribution in [0.5, 0.6) is 0 Å². The molecular weight excluding hydrogens is 170 g/mol. The van der Waals surface area contributed by atoms with Crippen LogP contribution < -0.4 is 5.32 Å². The molecule has 12 heavy (non-hydrogen) atoms. The van der Waals surface area contributed by atoms with Gasteiger partial charge in [-0.15, -0.1) is 0 Å². The average Bonchev–Trinajstić information content (AvgIpc) is 2.80. The summed E-state index contributed by atoms with van der Waals surface area (Å²) in [5.41, 5.74) is 1.60. The van der Waals surface area contributed by atoms with E-state index in [2.05, 4.69) is 5.32 Å². The van der Waals surface area contributed by atoms with Crippen LogP contribution in [0.4, 0.5) is 0 Å². The lowest BCUT2D eigenvalue weighted by Crippen LogP contribution is -2.18. The molecule has 0 spiro atoms. The lowest BCUT2D eigenvalue weighted by Gasteiger charge is -2.04. The average molecular weight is 186 g/mol. The number of hydrogen-bond acceptors (Lipinski definition) is 1. The van der Waals surface area contributed by atoms with Gasteiger partial charge in [-0.1, -0.05) is 30.5 Å². The van der Waals surface area contributed by atoms with Gasteiger partial charge < -0.3 is 5.32 Å². The molecule has 0 radical (unpaired) electrons. The standard InChI is InChI=1S/C10H16ClN/c11-6-3-7-12-10-8-4-1-2-5-9(8)10/h3,6,8-10,12H,1-2,4-5,7H2/b6-3+. The van der Waals surface area contributed by atoms with Crippen LogP contribution in [-0.2, 0) is 0 Å². The lowest BCUT2D eigenvalue weighted by atomic mass is 10.0. The van der Waals surface area contributed by atoms with Crippen LogP contribution in [-0.4, -0.2) is 12.6 Å². The van der Waals surface area contributed by atoms with Crippen LogP contribution in [0.25, 0.3) is 0 Å². The molecule has 2 aliphatic rings. The second kappa shape index (κ2) is 3.80. The molecule has 2 unspecified atom stereocenters. The van der Waals surface area contributed by atoms with Gasteiger partial charge in [-0.2, -0.15) is 0 Å². The zero-order valence-electron chi connectivity index (χ0n) is 7.30. The van der Waals surface area contributed by atoms with E-state index in [4.69, 9.17) is 11.6 Å². The van der Waals surface area contributed by atoms with Crippen molar-refractivity contribution >= 4 is 11.6 Å². The summed E-state index contributed by atoms with van der Waals surface area (Å²) in [5, 5.41) is 3.53. The lowest BCUT2D eigenvalue weighted by molar-refractivity contribution is 0.480. The van der Waals surface area contributed by atoms with Crippen molar-refractivity contribution in [2.75, 3.05) is 6.54 Å². The molecule has 0 aromatic heterocycles. The van der Waals surface area contributed by atoms with Gasteiger partial charge >= 0.3 is 0 Å². The van der Waals surface area contributed by atoms with Crippen LogP contribution in [0, 0.1) is 11.8 Å². The van der Waals surface area contributed by atoms with Crippen LogP contribution in [0.2, 0.25) is 0 Å². The Morgan fingerprint density at radius 1 is 1.25 bits per heavy atom. The zero-order chi connectivity index (χ0) is 8.39. The number of hydrogen-bond donors (Lipinski definition) is 1. The fourth-order valence-electron chi connectivity index (χ4n) is 2.54. The van der Waals surface area contributed by atoms with Gasteiger partial charge in [-0.05, 0) is 24.7 Å². The number of fused-ring (bicyclic) bond motifs is 1. The van der Waals surface area contributed by atoms with E-state index in [1.54, 1.807) is 5.54 Å². The molecule has 0 saturated heterocycles. The molecule has 1 N–H and O–H groups in total. The van der Waals surface area contributed by atoms with Crippen molar-refractivity contribution in [2.24, 2.45) is 11.8 Å². The highest BCUT2D eigenvalue weighted by molar-refractivity contribution is 6.25. The fourth-order valence-corrected chi connectivity index (χ4v) is 2.63. The van der Waals surface area contributed by atoms with Gasteiger partial charge in [0.05, 0.1) is 0 Å². The second-order valence-corrected chi connectivity index (χ2v) is 4.16. The van der Waals surface area contributed by atoms with Crippen molar-refractivity contribution in [3.63, 3.8) is 0 Å². The van der Waals surface area contributed by atoms with E-state index in [9.17, 15) is 0 Å². The Bertz CT molecular complexity index is 167. The summed E-state index contributed by atoms with van der Waals surface area (Å²) in [7, 11) is 0. The largest absolute Gasteiger partial charge is 0.310 e. The van der Waals surface area contributed by atoms with E-state index in [-0.39, 0.29) is 0 Å². The first kappa shape index (κ1) is 8.58. The molecule has 0 bridgehead atoms. The Kier molecular flexibility index (Phi) is 2.72. The third-order valence-corrected chi connectivity index (χ3v) is 3.40. The number of rotatable bonds is 3. The molecule has 1 nitrogen and oxygen atoms in total. The van der Waals surface area contributed by atoms with Crippen molar-refractivity contribution in [1.82, 2.24) is 5.32 Å². The minimum absolute atomic E-state index is 0.820. The predicted molar refractivity (Wildman–Crippen MR) is 52.2 cm³/mol. The summed E-state index contributed by atoms with van der Waals surface area (Å²) >= 11 is 5.44. The Hall–Kier alpha value is -0.0100. The number of halogens is 1. The zero-order valence-corrected chi connectivity index (χ0v) is 8.06. The van der Waals surface area contributed by atoms with E-state index in [0.29, 0.717) is 0 Å². The van der Waals surface area contributed by atoms with E-state index in [1.165, 1.54) is 25.7 Å². The van der Waals surface area contributed by atoms with Crippen LogP contribution in [0.3, 0.4) is 0 Å². The topological polar surface area (TPSA) is 12.0 Å². The predicted octanol–water partition coefficient (Wildman–Crippen LogP) is 2.52.